The summed E-state index contributed by atoms with van der Waals surface area (Å²) in [5, 5.41) is 3.20. The van der Waals surface area contributed by atoms with Gasteiger partial charge < -0.3 is 20.7 Å². The Hall–Kier alpha value is -2.22. The van der Waals surface area contributed by atoms with E-state index in [0.29, 0.717) is 25.1 Å². The summed E-state index contributed by atoms with van der Waals surface area (Å²) < 4.78 is 34.0. The number of hydrogen-bond donors (Lipinski definition) is 2. The summed E-state index contributed by atoms with van der Waals surface area (Å²) in [6.07, 6.45) is 1.53. The number of amides is 1. The maximum atomic E-state index is 14.4. The van der Waals surface area contributed by atoms with Crippen LogP contribution in [0.3, 0.4) is 0 Å². The molecule has 2 aliphatic rings. The predicted molar refractivity (Wildman–Crippen MR) is 113 cm³/mol. The second-order valence-electron chi connectivity index (χ2n) is 7.80. The molecule has 8 heteroatoms. The van der Waals surface area contributed by atoms with Gasteiger partial charge in [0.2, 0.25) is 5.91 Å². The van der Waals surface area contributed by atoms with Gasteiger partial charge in [-0.2, -0.15) is 0 Å². The number of nitrogens with one attached hydrogen (secondary N) is 1. The van der Waals surface area contributed by atoms with Crippen LogP contribution in [0.4, 0.5) is 8.78 Å². The summed E-state index contributed by atoms with van der Waals surface area (Å²) in [4.78, 5) is 14.0. The molecular weight excluding hydrogens is 412 g/mol. The number of halogens is 3. The van der Waals surface area contributed by atoms with Crippen molar-refractivity contribution in [3.8, 4) is 5.75 Å². The molecule has 162 valence electrons. The van der Waals surface area contributed by atoms with Crippen LogP contribution in [0.2, 0.25) is 0 Å². The summed E-state index contributed by atoms with van der Waals surface area (Å²) in [6, 6.07) is 11.6. The first-order valence-electron chi connectivity index (χ1n) is 9.93. The fourth-order valence-corrected chi connectivity index (χ4v) is 3.85. The number of likely N-dealkylation sites (tertiary alicyclic amines) is 1. The van der Waals surface area contributed by atoms with Crippen molar-refractivity contribution in [3.63, 3.8) is 0 Å². The smallest absolute Gasteiger partial charge is 0.236 e. The lowest BCUT2D eigenvalue weighted by Crippen LogP contribution is -2.39. The fourth-order valence-electron chi connectivity index (χ4n) is 3.85. The highest BCUT2D eigenvalue weighted by Crippen LogP contribution is 2.46. The van der Waals surface area contributed by atoms with Crippen LogP contribution in [0.1, 0.15) is 29.9 Å². The van der Waals surface area contributed by atoms with Crippen molar-refractivity contribution in [2.24, 2.45) is 5.73 Å². The standard InChI is InChI=1S/C22H25F2N3O2.ClH/c23-15-8-18(22(19(24)9-15)29-13-14-4-2-1-3-5-14)17-10-20(17)26-11-21(28)27-7-6-16(25)12-27;/h1-5,8-9,16-17,20,26H,6-7,10-13,25H2;1H/t16-,17+,20-;/m1./s1. The molecule has 2 aromatic rings. The van der Waals surface area contributed by atoms with E-state index >= 15 is 0 Å². The average molecular weight is 438 g/mol. The Bertz CT molecular complexity index is 884. The molecule has 1 aliphatic heterocycles. The topological polar surface area (TPSA) is 67.6 Å². The Balaban J connectivity index is 0.00000256. The summed E-state index contributed by atoms with van der Waals surface area (Å²) in [6.45, 7) is 1.67. The predicted octanol–water partition coefficient (Wildman–Crippen LogP) is 2.97. The zero-order valence-electron chi connectivity index (χ0n) is 16.5. The number of carbonyl (C=O) groups excluding carboxylic acids is 1. The quantitative estimate of drug-likeness (QED) is 0.698. The monoisotopic (exact) mass is 437 g/mol. The maximum absolute atomic E-state index is 14.4. The lowest BCUT2D eigenvalue weighted by atomic mass is 10.1. The number of hydrogen-bond acceptors (Lipinski definition) is 4. The molecule has 1 saturated heterocycles. The van der Waals surface area contributed by atoms with Gasteiger partial charge in [-0.25, -0.2) is 8.78 Å². The molecule has 3 N–H and O–H groups in total. The van der Waals surface area contributed by atoms with Crippen molar-refractivity contribution >= 4 is 18.3 Å². The van der Waals surface area contributed by atoms with Crippen molar-refractivity contribution in [2.75, 3.05) is 19.6 Å². The molecular formula is C22H26ClF2N3O2. The van der Waals surface area contributed by atoms with E-state index in [1.807, 2.05) is 30.3 Å². The number of rotatable bonds is 7. The first-order chi connectivity index (χ1) is 14.0. The summed E-state index contributed by atoms with van der Waals surface area (Å²) >= 11 is 0. The lowest BCUT2D eigenvalue weighted by Gasteiger charge is -2.16. The molecule has 1 saturated carbocycles. The molecule has 4 rings (SSSR count). The van der Waals surface area contributed by atoms with Crippen LogP contribution in [-0.4, -0.2) is 42.5 Å². The third kappa shape index (κ3) is 5.28. The highest BCUT2D eigenvalue weighted by atomic mass is 35.5. The van der Waals surface area contributed by atoms with Crippen LogP contribution in [0.5, 0.6) is 5.75 Å². The molecule has 1 aliphatic carbocycles. The van der Waals surface area contributed by atoms with Gasteiger partial charge in [0.15, 0.2) is 11.6 Å². The minimum Gasteiger partial charge on any atom is -0.486 e. The van der Waals surface area contributed by atoms with Crippen LogP contribution in [0.25, 0.3) is 0 Å². The third-order valence-electron chi connectivity index (χ3n) is 5.55. The van der Waals surface area contributed by atoms with E-state index < -0.39 is 11.6 Å². The minimum atomic E-state index is -0.705. The van der Waals surface area contributed by atoms with Crippen LogP contribution in [-0.2, 0) is 11.4 Å². The Labute approximate surface area is 181 Å². The van der Waals surface area contributed by atoms with Crippen LogP contribution < -0.4 is 15.8 Å². The molecule has 0 unspecified atom stereocenters. The molecule has 0 aromatic heterocycles. The van der Waals surface area contributed by atoms with E-state index in [1.165, 1.54) is 6.07 Å². The van der Waals surface area contributed by atoms with E-state index in [0.717, 1.165) is 18.1 Å². The summed E-state index contributed by atoms with van der Waals surface area (Å²) in [5.74, 6) is -1.32. The number of ether oxygens (including phenoxy) is 1. The molecule has 5 nitrogen and oxygen atoms in total. The molecule has 2 fully saturated rings. The second kappa shape index (κ2) is 9.73. The maximum Gasteiger partial charge on any atom is 0.236 e. The fraction of sp³-hybridized carbons (Fsp3) is 0.409. The van der Waals surface area contributed by atoms with E-state index in [-0.39, 0.29) is 55.2 Å². The lowest BCUT2D eigenvalue weighted by molar-refractivity contribution is -0.129. The largest absolute Gasteiger partial charge is 0.486 e. The van der Waals surface area contributed by atoms with Gasteiger partial charge in [-0.05, 0) is 24.5 Å². The SMILES string of the molecule is Cl.N[C@@H]1CCN(C(=O)CN[C@@H]2C[C@H]2c2cc(F)cc(F)c2OCc2ccccc2)C1. The number of nitrogens with two attached hydrogens (primary N) is 1. The molecule has 0 radical (unpaired) electrons. The Morgan fingerprint density at radius 2 is 2.00 bits per heavy atom. The van der Waals surface area contributed by atoms with Gasteiger partial charge in [0.1, 0.15) is 12.4 Å². The van der Waals surface area contributed by atoms with E-state index in [2.05, 4.69) is 5.32 Å². The van der Waals surface area contributed by atoms with Gasteiger partial charge in [0, 0.05) is 42.7 Å². The molecule has 30 heavy (non-hydrogen) atoms. The third-order valence-corrected chi connectivity index (χ3v) is 5.55. The van der Waals surface area contributed by atoms with Gasteiger partial charge in [-0.1, -0.05) is 30.3 Å². The molecule has 0 bridgehead atoms. The molecule has 3 atom stereocenters. The first-order valence-corrected chi connectivity index (χ1v) is 9.93. The normalized spacial score (nSPS) is 22.5. The van der Waals surface area contributed by atoms with E-state index in [1.54, 1.807) is 4.90 Å². The van der Waals surface area contributed by atoms with Crippen molar-refractivity contribution in [2.45, 2.75) is 37.5 Å². The number of benzene rings is 2. The second-order valence-corrected chi connectivity index (χ2v) is 7.80. The van der Waals surface area contributed by atoms with Crippen molar-refractivity contribution in [1.82, 2.24) is 10.2 Å². The van der Waals surface area contributed by atoms with Crippen LogP contribution in [0, 0.1) is 11.6 Å². The molecule has 0 spiro atoms. The van der Waals surface area contributed by atoms with Crippen molar-refractivity contribution in [3.05, 3.63) is 65.2 Å². The first kappa shape index (κ1) is 22.5. The molecule has 1 heterocycles. The van der Waals surface area contributed by atoms with Gasteiger partial charge in [0.25, 0.3) is 0 Å². The van der Waals surface area contributed by atoms with Crippen molar-refractivity contribution in [1.29, 1.82) is 0 Å². The zero-order valence-corrected chi connectivity index (χ0v) is 17.3. The van der Waals surface area contributed by atoms with Gasteiger partial charge >= 0.3 is 0 Å². The Morgan fingerprint density at radius 1 is 1.23 bits per heavy atom. The minimum absolute atomic E-state index is 0. The Kier molecular flexibility index (Phi) is 7.28. The average Bonchev–Trinajstić information content (AvgIpc) is 3.35. The molecule has 2 aromatic carbocycles. The van der Waals surface area contributed by atoms with Gasteiger partial charge in [0.05, 0.1) is 6.54 Å². The summed E-state index contributed by atoms with van der Waals surface area (Å²) in [5.41, 5.74) is 7.26. The number of nitrogens with zero attached hydrogens (tertiary/aromatic N) is 1. The van der Waals surface area contributed by atoms with E-state index in [4.69, 9.17) is 10.5 Å². The van der Waals surface area contributed by atoms with Crippen molar-refractivity contribution < 1.29 is 18.3 Å². The number of carbonyl (C=O) groups is 1. The van der Waals surface area contributed by atoms with Gasteiger partial charge in [-0.3, -0.25) is 4.79 Å². The highest BCUT2D eigenvalue weighted by molar-refractivity contribution is 5.85. The van der Waals surface area contributed by atoms with Crippen LogP contribution in [0.15, 0.2) is 42.5 Å². The summed E-state index contributed by atoms with van der Waals surface area (Å²) in [7, 11) is 0. The highest BCUT2D eigenvalue weighted by Gasteiger charge is 2.41. The van der Waals surface area contributed by atoms with E-state index in [9.17, 15) is 13.6 Å². The molecule has 1 amide bonds. The van der Waals surface area contributed by atoms with Gasteiger partial charge in [-0.15, -0.1) is 12.4 Å². The van der Waals surface area contributed by atoms with Crippen LogP contribution >= 0.6 is 12.4 Å². The zero-order chi connectivity index (χ0) is 20.4. The Morgan fingerprint density at radius 3 is 2.70 bits per heavy atom.